The van der Waals surface area contributed by atoms with E-state index in [1.807, 2.05) is 13.0 Å². The number of sulfonamides is 1. The van der Waals surface area contributed by atoms with Gasteiger partial charge in [0, 0.05) is 15.1 Å². The first-order valence-corrected chi connectivity index (χ1v) is 11.1. The van der Waals surface area contributed by atoms with Gasteiger partial charge < -0.3 is 10.1 Å². The van der Waals surface area contributed by atoms with Crippen LogP contribution in [0.2, 0.25) is 15.1 Å². The zero-order valence-electron chi connectivity index (χ0n) is 15.2. The van der Waals surface area contributed by atoms with Crippen LogP contribution in [0.25, 0.3) is 0 Å². The number of nitrogens with zero attached hydrogens (tertiary/aromatic N) is 1. The molecule has 0 spiro atoms. The van der Waals surface area contributed by atoms with Crippen molar-refractivity contribution < 1.29 is 17.9 Å². The van der Waals surface area contributed by atoms with Gasteiger partial charge in [0.2, 0.25) is 15.9 Å². The molecule has 0 aliphatic rings. The van der Waals surface area contributed by atoms with E-state index in [9.17, 15) is 13.2 Å². The van der Waals surface area contributed by atoms with Crippen molar-refractivity contribution in [2.75, 3.05) is 30.3 Å². The second kappa shape index (κ2) is 9.69. The molecule has 2 aromatic rings. The van der Waals surface area contributed by atoms with E-state index < -0.39 is 22.5 Å². The highest BCUT2D eigenvalue weighted by Crippen LogP contribution is 2.27. The zero-order chi connectivity index (χ0) is 20.9. The number of carbonyl (C=O) groups excluding carboxylic acids is 1. The molecule has 1 N–H and O–H groups in total. The van der Waals surface area contributed by atoms with Crippen LogP contribution < -0.4 is 14.4 Å². The smallest absolute Gasteiger partial charge is 0.240 e. The van der Waals surface area contributed by atoms with Crippen LogP contribution in [0.15, 0.2) is 36.4 Å². The van der Waals surface area contributed by atoms with E-state index in [1.165, 1.54) is 18.2 Å². The Bertz CT molecular complexity index is 947. The number of carbonyl (C=O) groups is 1. The van der Waals surface area contributed by atoms with Crippen molar-refractivity contribution >= 4 is 56.4 Å². The Morgan fingerprint density at radius 1 is 1.11 bits per heavy atom. The van der Waals surface area contributed by atoms with Crippen LogP contribution >= 0.6 is 34.8 Å². The fourth-order valence-electron chi connectivity index (χ4n) is 2.29. The lowest BCUT2D eigenvalue weighted by Gasteiger charge is -2.22. The number of amides is 1. The highest BCUT2D eigenvalue weighted by atomic mass is 35.5. The molecule has 6 nitrogen and oxygen atoms in total. The molecule has 0 fully saturated rings. The maximum atomic E-state index is 12.2. The van der Waals surface area contributed by atoms with E-state index in [1.54, 1.807) is 12.1 Å². The Kier molecular flexibility index (Phi) is 7.83. The number of anilines is 1. The molecule has 28 heavy (non-hydrogen) atoms. The summed E-state index contributed by atoms with van der Waals surface area (Å²) >= 11 is 17.9. The first kappa shape index (κ1) is 22.6. The lowest BCUT2D eigenvalue weighted by atomic mass is 10.2. The molecule has 10 heteroatoms. The number of benzene rings is 2. The second-order valence-corrected chi connectivity index (χ2v) is 9.19. The van der Waals surface area contributed by atoms with Crippen LogP contribution in [0.1, 0.15) is 5.56 Å². The Hall–Kier alpha value is -1.67. The van der Waals surface area contributed by atoms with Gasteiger partial charge in [-0.3, -0.25) is 9.10 Å². The molecule has 0 saturated heterocycles. The van der Waals surface area contributed by atoms with Gasteiger partial charge in [-0.2, -0.15) is 0 Å². The van der Waals surface area contributed by atoms with Crippen molar-refractivity contribution in [2.24, 2.45) is 0 Å². The summed E-state index contributed by atoms with van der Waals surface area (Å²) in [6, 6.07) is 9.61. The lowest BCUT2D eigenvalue weighted by molar-refractivity contribution is -0.119. The zero-order valence-corrected chi connectivity index (χ0v) is 18.3. The van der Waals surface area contributed by atoms with Gasteiger partial charge in [-0.1, -0.05) is 40.9 Å². The maximum Gasteiger partial charge on any atom is 0.240 e. The van der Waals surface area contributed by atoms with E-state index in [0.29, 0.717) is 10.8 Å². The first-order chi connectivity index (χ1) is 13.1. The number of hydrogen-bond acceptors (Lipinski definition) is 4. The Balaban J connectivity index is 1.94. The van der Waals surface area contributed by atoms with Crippen LogP contribution in [-0.2, 0) is 14.8 Å². The minimum Gasteiger partial charge on any atom is -0.492 e. The van der Waals surface area contributed by atoms with Crippen LogP contribution in [0.4, 0.5) is 5.69 Å². The number of rotatable bonds is 8. The standard InChI is InChI=1S/C18H19Cl3N2O4S/c1-12-3-4-16(10-17(12)21)27-6-5-22-18(24)11-23(28(2,25)26)15-8-13(19)7-14(20)9-15/h3-4,7-10H,5-6,11H2,1-2H3,(H,22,24). The predicted molar refractivity (Wildman–Crippen MR) is 113 cm³/mol. The molecule has 0 heterocycles. The molecular weight excluding hydrogens is 447 g/mol. The summed E-state index contributed by atoms with van der Waals surface area (Å²) in [5.41, 5.74) is 1.14. The number of hydrogen-bond donors (Lipinski definition) is 1. The maximum absolute atomic E-state index is 12.2. The normalized spacial score (nSPS) is 11.2. The fraction of sp³-hybridized carbons (Fsp3) is 0.278. The van der Waals surface area contributed by atoms with Crippen molar-refractivity contribution in [1.82, 2.24) is 5.32 Å². The molecule has 1 amide bonds. The van der Waals surface area contributed by atoms with Gasteiger partial charge in [0.1, 0.15) is 18.9 Å². The molecular formula is C18H19Cl3N2O4S. The third kappa shape index (κ3) is 6.74. The summed E-state index contributed by atoms with van der Waals surface area (Å²) < 4.78 is 30.6. The van der Waals surface area contributed by atoms with Gasteiger partial charge in [-0.05, 0) is 42.8 Å². The van der Waals surface area contributed by atoms with Gasteiger partial charge in [0.25, 0.3) is 0 Å². The minimum absolute atomic E-state index is 0.193. The topological polar surface area (TPSA) is 75.7 Å². The number of ether oxygens (including phenoxy) is 1. The average Bonchev–Trinajstić information content (AvgIpc) is 2.57. The lowest BCUT2D eigenvalue weighted by Crippen LogP contribution is -2.41. The van der Waals surface area contributed by atoms with Crippen LogP contribution in [0.5, 0.6) is 5.75 Å². The van der Waals surface area contributed by atoms with Crippen LogP contribution in [0, 0.1) is 6.92 Å². The quantitative estimate of drug-likeness (QED) is 0.600. The third-order valence-corrected chi connectivity index (χ3v) is 5.64. The van der Waals surface area contributed by atoms with Crippen LogP contribution in [-0.4, -0.2) is 40.3 Å². The summed E-state index contributed by atoms with van der Waals surface area (Å²) in [5.74, 6) is 0.0863. The Morgan fingerprint density at radius 3 is 2.32 bits per heavy atom. The van der Waals surface area contributed by atoms with Crippen molar-refractivity contribution in [3.8, 4) is 5.75 Å². The van der Waals surface area contributed by atoms with E-state index in [2.05, 4.69) is 5.32 Å². The number of halogens is 3. The SMILES string of the molecule is Cc1ccc(OCCNC(=O)CN(c2cc(Cl)cc(Cl)c2)S(C)(=O)=O)cc1Cl. The molecule has 0 atom stereocenters. The summed E-state index contributed by atoms with van der Waals surface area (Å²) in [4.78, 5) is 12.2. The average molecular weight is 466 g/mol. The van der Waals surface area contributed by atoms with Crippen molar-refractivity contribution in [3.05, 3.63) is 57.0 Å². The minimum atomic E-state index is -3.72. The van der Waals surface area contributed by atoms with Crippen molar-refractivity contribution in [1.29, 1.82) is 0 Å². The monoisotopic (exact) mass is 464 g/mol. The third-order valence-electron chi connectivity index (χ3n) is 3.66. The van der Waals surface area contributed by atoms with E-state index >= 15 is 0 Å². The molecule has 0 aliphatic carbocycles. The Morgan fingerprint density at radius 2 is 1.75 bits per heavy atom. The molecule has 2 rings (SSSR count). The van der Waals surface area contributed by atoms with Gasteiger partial charge in [-0.15, -0.1) is 0 Å². The van der Waals surface area contributed by atoms with Crippen LogP contribution in [0.3, 0.4) is 0 Å². The molecule has 2 aromatic carbocycles. The molecule has 0 unspecified atom stereocenters. The first-order valence-electron chi connectivity index (χ1n) is 8.16. The molecule has 0 radical (unpaired) electrons. The summed E-state index contributed by atoms with van der Waals surface area (Å²) in [7, 11) is -3.72. The Labute approximate surface area is 179 Å². The van der Waals surface area contributed by atoms with Gasteiger partial charge in [-0.25, -0.2) is 8.42 Å². The fourth-order valence-corrected chi connectivity index (χ4v) is 3.82. The summed E-state index contributed by atoms with van der Waals surface area (Å²) in [6.07, 6.45) is 0.999. The summed E-state index contributed by atoms with van der Waals surface area (Å²) in [6.45, 7) is 1.87. The predicted octanol–water partition coefficient (Wildman–Crippen LogP) is 3.92. The molecule has 0 bridgehead atoms. The summed E-state index contributed by atoms with van der Waals surface area (Å²) in [5, 5.41) is 3.73. The highest BCUT2D eigenvalue weighted by Gasteiger charge is 2.21. The highest BCUT2D eigenvalue weighted by molar-refractivity contribution is 7.92. The van der Waals surface area contributed by atoms with Gasteiger partial charge in [0.15, 0.2) is 0 Å². The molecule has 0 saturated carbocycles. The van der Waals surface area contributed by atoms with Gasteiger partial charge >= 0.3 is 0 Å². The van der Waals surface area contributed by atoms with Crippen molar-refractivity contribution in [2.45, 2.75) is 6.92 Å². The van der Waals surface area contributed by atoms with Gasteiger partial charge in [0.05, 0.1) is 18.5 Å². The van der Waals surface area contributed by atoms with E-state index in [-0.39, 0.29) is 28.9 Å². The van der Waals surface area contributed by atoms with E-state index in [0.717, 1.165) is 16.1 Å². The second-order valence-electron chi connectivity index (χ2n) is 6.01. The molecule has 0 aromatic heterocycles. The largest absolute Gasteiger partial charge is 0.492 e. The molecule has 0 aliphatic heterocycles. The van der Waals surface area contributed by atoms with Crippen molar-refractivity contribution in [3.63, 3.8) is 0 Å². The van der Waals surface area contributed by atoms with E-state index in [4.69, 9.17) is 39.5 Å². The number of nitrogens with one attached hydrogen (secondary N) is 1. The number of aryl methyl sites for hydroxylation is 1. The molecule has 152 valence electrons.